The number of carbonyl (C=O) groups excluding carboxylic acids is 1. The molecule has 2 aliphatic heterocycles. The number of ether oxygens (including phenoxy) is 1. The van der Waals surface area contributed by atoms with E-state index in [0.29, 0.717) is 24.3 Å². The molecule has 1 saturated carbocycles. The molecule has 0 bridgehead atoms. The first-order valence-electron chi connectivity index (χ1n) is 6.77. The fourth-order valence-electron chi connectivity index (χ4n) is 3.98. The van der Waals surface area contributed by atoms with E-state index < -0.39 is 0 Å². The van der Waals surface area contributed by atoms with Crippen molar-refractivity contribution in [3.8, 4) is 0 Å². The van der Waals surface area contributed by atoms with Crippen LogP contribution in [0.1, 0.15) is 18.4 Å². The number of hydrogen-bond donors (Lipinski definition) is 0. The summed E-state index contributed by atoms with van der Waals surface area (Å²) in [5.74, 6) is 2.42. The molecule has 0 aromatic carbocycles. The second kappa shape index (κ2) is 4.03. The lowest BCUT2D eigenvalue weighted by Crippen LogP contribution is -2.57. The average Bonchev–Trinajstić information content (AvgIpc) is 2.76. The zero-order valence-electron chi connectivity index (χ0n) is 10.7. The molecule has 19 heavy (non-hydrogen) atoms. The molecule has 0 spiro atoms. The first-order valence-corrected chi connectivity index (χ1v) is 7.56. The van der Waals surface area contributed by atoms with Crippen molar-refractivity contribution in [1.29, 1.82) is 0 Å². The van der Waals surface area contributed by atoms with Crippen LogP contribution in [0.25, 0.3) is 0 Å². The molecule has 1 amide bonds. The summed E-state index contributed by atoms with van der Waals surface area (Å²) in [6.45, 7) is 4.22. The molecule has 4 atom stereocenters. The Morgan fingerprint density at radius 2 is 2.16 bits per heavy atom. The fourth-order valence-corrected chi connectivity index (χ4v) is 4.33. The van der Waals surface area contributed by atoms with E-state index in [1.165, 1.54) is 5.56 Å². The third-order valence-corrected chi connectivity index (χ3v) is 5.26. The Balaban J connectivity index is 1.86. The van der Waals surface area contributed by atoms with E-state index in [0.717, 1.165) is 23.5 Å². The average molecular weight is 323 g/mol. The van der Waals surface area contributed by atoms with Gasteiger partial charge in [0.05, 0.1) is 19.1 Å². The predicted molar refractivity (Wildman–Crippen MR) is 74.0 cm³/mol. The lowest BCUT2D eigenvalue weighted by Gasteiger charge is -2.52. The minimum Gasteiger partial charge on any atom is -0.381 e. The molecule has 3 aliphatic rings. The lowest BCUT2D eigenvalue weighted by atomic mass is 9.54. The van der Waals surface area contributed by atoms with E-state index in [1.54, 1.807) is 6.20 Å². The number of halogens is 1. The maximum atomic E-state index is 12.6. The van der Waals surface area contributed by atoms with Crippen molar-refractivity contribution < 1.29 is 9.53 Å². The molecule has 4 rings (SSSR count). The highest BCUT2D eigenvalue weighted by molar-refractivity contribution is 9.10. The van der Waals surface area contributed by atoms with E-state index in [4.69, 9.17) is 4.74 Å². The molecular formula is C14H15BrN2O2. The van der Waals surface area contributed by atoms with Gasteiger partial charge in [0.1, 0.15) is 5.82 Å². The van der Waals surface area contributed by atoms with Gasteiger partial charge in [0.15, 0.2) is 0 Å². The van der Waals surface area contributed by atoms with Crippen molar-refractivity contribution >= 4 is 27.7 Å². The first kappa shape index (κ1) is 11.9. The van der Waals surface area contributed by atoms with Gasteiger partial charge in [0.25, 0.3) is 0 Å². The highest BCUT2D eigenvalue weighted by Crippen LogP contribution is 2.59. The summed E-state index contributed by atoms with van der Waals surface area (Å²) in [7, 11) is 0. The Hall–Kier alpha value is -0.940. The number of anilines is 1. The Morgan fingerprint density at radius 3 is 2.89 bits per heavy atom. The summed E-state index contributed by atoms with van der Waals surface area (Å²) in [4.78, 5) is 18.9. The molecule has 4 nitrogen and oxygen atoms in total. The van der Waals surface area contributed by atoms with E-state index in [1.807, 2.05) is 11.8 Å². The number of pyridine rings is 1. The molecule has 2 fully saturated rings. The number of aromatic nitrogens is 1. The zero-order valence-corrected chi connectivity index (χ0v) is 12.3. The van der Waals surface area contributed by atoms with Crippen molar-refractivity contribution in [3.05, 3.63) is 22.3 Å². The van der Waals surface area contributed by atoms with Gasteiger partial charge in [0.2, 0.25) is 5.91 Å². The summed E-state index contributed by atoms with van der Waals surface area (Å²) in [5, 5.41) is 0. The number of nitrogens with zero attached hydrogens (tertiary/aromatic N) is 2. The van der Waals surface area contributed by atoms with E-state index in [2.05, 4.69) is 27.0 Å². The van der Waals surface area contributed by atoms with Crippen LogP contribution in [-0.2, 0) is 9.53 Å². The number of amides is 1. The van der Waals surface area contributed by atoms with Gasteiger partial charge in [-0.05, 0) is 34.8 Å². The lowest BCUT2D eigenvalue weighted by molar-refractivity contribution is -0.132. The molecule has 0 radical (unpaired) electrons. The Bertz CT molecular complexity index is 562. The second-order valence-electron chi connectivity index (χ2n) is 5.57. The van der Waals surface area contributed by atoms with E-state index >= 15 is 0 Å². The van der Waals surface area contributed by atoms with Gasteiger partial charge < -0.3 is 4.74 Å². The van der Waals surface area contributed by atoms with Crippen LogP contribution in [0.2, 0.25) is 0 Å². The van der Waals surface area contributed by atoms with Crippen LogP contribution in [0.4, 0.5) is 5.82 Å². The minimum absolute atomic E-state index is 0.107. The molecular weight excluding hydrogens is 308 g/mol. The molecule has 1 saturated heterocycles. The monoisotopic (exact) mass is 322 g/mol. The number of hydrogen-bond acceptors (Lipinski definition) is 3. The van der Waals surface area contributed by atoms with Gasteiger partial charge >= 0.3 is 0 Å². The topological polar surface area (TPSA) is 42.4 Å². The van der Waals surface area contributed by atoms with Gasteiger partial charge in [-0.1, -0.05) is 0 Å². The quantitative estimate of drug-likeness (QED) is 0.796. The third-order valence-electron chi connectivity index (χ3n) is 4.82. The predicted octanol–water partition coefficient (Wildman–Crippen LogP) is 2.19. The van der Waals surface area contributed by atoms with Crippen molar-refractivity contribution in [2.75, 3.05) is 24.7 Å². The first-order chi connectivity index (χ1) is 9.22. The normalized spacial score (nSPS) is 35.5. The van der Waals surface area contributed by atoms with Gasteiger partial charge in [-0.25, -0.2) is 4.98 Å². The maximum Gasteiger partial charge on any atom is 0.232 e. The number of rotatable bonds is 1. The van der Waals surface area contributed by atoms with E-state index in [9.17, 15) is 4.79 Å². The standard InChI is InChI=1S/C14H15BrN2O2/c1-2-17-13-8(3-7(15)4-16-13)11-9-5-19-6-10(9)12(11)14(17)18/h3-4,9-12H,2,5-6H2,1H3. The van der Waals surface area contributed by atoms with Crippen molar-refractivity contribution in [2.24, 2.45) is 17.8 Å². The Kier molecular flexibility index (Phi) is 2.51. The fraction of sp³-hybridized carbons (Fsp3) is 0.571. The van der Waals surface area contributed by atoms with Crippen LogP contribution in [0.5, 0.6) is 0 Å². The Labute approximate surface area is 120 Å². The van der Waals surface area contributed by atoms with Crippen LogP contribution in [0.15, 0.2) is 16.7 Å². The molecule has 1 aliphatic carbocycles. The molecule has 100 valence electrons. The van der Waals surface area contributed by atoms with Gasteiger partial charge in [0, 0.05) is 34.6 Å². The molecule has 4 unspecified atom stereocenters. The SMILES string of the molecule is CCN1C(=O)C2C3COCC3C2c2cc(Br)cnc21. The third kappa shape index (κ3) is 1.43. The Morgan fingerprint density at radius 1 is 1.42 bits per heavy atom. The van der Waals surface area contributed by atoms with Crippen molar-refractivity contribution in [1.82, 2.24) is 4.98 Å². The van der Waals surface area contributed by atoms with Crippen LogP contribution in [0.3, 0.4) is 0 Å². The smallest absolute Gasteiger partial charge is 0.232 e. The van der Waals surface area contributed by atoms with Crippen molar-refractivity contribution in [2.45, 2.75) is 12.8 Å². The summed E-state index contributed by atoms with van der Waals surface area (Å²) in [6.07, 6.45) is 1.77. The summed E-state index contributed by atoms with van der Waals surface area (Å²) >= 11 is 3.49. The van der Waals surface area contributed by atoms with Crippen LogP contribution < -0.4 is 4.90 Å². The molecule has 1 aromatic heterocycles. The molecule has 0 N–H and O–H groups in total. The van der Waals surface area contributed by atoms with Gasteiger partial charge in [-0.2, -0.15) is 0 Å². The molecule has 1 aromatic rings. The minimum atomic E-state index is 0.107. The zero-order chi connectivity index (χ0) is 13.1. The highest BCUT2D eigenvalue weighted by Gasteiger charge is 2.60. The number of carbonyl (C=O) groups is 1. The summed E-state index contributed by atoms with van der Waals surface area (Å²) in [5.41, 5.74) is 1.22. The highest BCUT2D eigenvalue weighted by atomic mass is 79.9. The number of fused-ring (bicyclic) bond motifs is 6. The van der Waals surface area contributed by atoms with E-state index in [-0.39, 0.29) is 11.8 Å². The van der Waals surface area contributed by atoms with Gasteiger partial charge in [-0.15, -0.1) is 0 Å². The summed E-state index contributed by atoms with van der Waals surface area (Å²) in [6, 6.07) is 2.13. The van der Waals surface area contributed by atoms with Crippen LogP contribution in [-0.4, -0.2) is 30.6 Å². The summed E-state index contributed by atoms with van der Waals surface area (Å²) < 4.78 is 6.57. The van der Waals surface area contributed by atoms with Gasteiger partial charge in [-0.3, -0.25) is 9.69 Å². The molecule has 3 heterocycles. The largest absolute Gasteiger partial charge is 0.381 e. The molecule has 5 heteroatoms. The van der Waals surface area contributed by atoms with Crippen molar-refractivity contribution in [3.63, 3.8) is 0 Å². The van der Waals surface area contributed by atoms with Crippen LogP contribution >= 0.6 is 15.9 Å². The maximum absolute atomic E-state index is 12.6. The second-order valence-corrected chi connectivity index (χ2v) is 6.48. The van der Waals surface area contributed by atoms with Crippen LogP contribution in [0, 0.1) is 17.8 Å².